The van der Waals surface area contributed by atoms with Gasteiger partial charge in [-0.15, -0.1) is 0 Å². The predicted octanol–water partition coefficient (Wildman–Crippen LogP) is 2.37. The standard InChI is InChI=1S/C15H16O5/c1-2-6-11(16)9-12(14(17)18)13(15(19)20)10-7-4-3-5-8-10/h3-5,7-8H,2,6,9H2,1H3,(H,17,18)(H,19,20). The summed E-state index contributed by atoms with van der Waals surface area (Å²) in [7, 11) is 0. The van der Waals surface area contributed by atoms with Crippen molar-refractivity contribution < 1.29 is 24.6 Å². The molecule has 0 bridgehead atoms. The lowest BCUT2D eigenvalue weighted by molar-refractivity contribution is -0.135. The van der Waals surface area contributed by atoms with Gasteiger partial charge in [0.25, 0.3) is 0 Å². The van der Waals surface area contributed by atoms with E-state index in [0.717, 1.165) is 0 Å². The minimum Gasteiger partial charge on any atom is -0.478 e. The van der Waals surface area contributed by atoms with Gasteiger partial charge in [-0.05, 0) is 12.0 Å². The Kier molecular flexibility index (Phi) is 5.65. The summed E-state index contributed by atoms with van der Waals surface area (Å²) in [5.41, 5.74) is -0.425. The van der Waals surface area contributed by atoms with Gasteiger partial charge in [0, 0.05) is 12.8 Å². The van der Waals surface area contributed by atoms with Crippen LogP contribution in [0.3, 0.4) is 0 Å². The Hall–Kier alpha value is -2.43. The Morgan fingerprint density at radius 3 is 2.05 bits per heavy atom. The van der Waals surface area contributed by atoms with Crippen molar-refractivity contribution in [1.29, 1.82) is 0 Å². The summed E-state index contributed by atoms with van der Waals surface area (Å²) < 4.78 is 0. The number of rotatable bonds is 7. The molecule has 0 atom stereocenters. The molecular weight excluding hydrogens is 260 g/mol. The molecule has 0 unspecified atom stereocenters. The van der Waals surface area contributed by atoms with Gasteiger partial charge in [-0.25, -0.2) is 9.59 Å². The molecule has 0 spiro atoms. The topological polar surface area (TPSA) is 91.7 Å². The summed E-state index contributed by atoms with van der Waals surface area (Å²) in [6.07, 6.45) is 0.456. The number of carbonyl (C=O) groups excluding carboxylic acids is 1. The summed E-state index contributed by atoms with van der Waals surface area (Å²) in [4.78, 5) is 34.3. The first kappa shape index (κ1) is 15.6. The summed E-state index contributed by atoms with van der Waals surface area (Å²) in [5.74, 6) is -3.01. The molecule has 1 aromatic rings. The van der Waals surface area contributed by atoms with E-state index >= 15 is 0 Å². The number of Topliss-reactive ketones (excluding diaryl/α,β-unsaturated/α-hetero) is 1. The molecule has 0 aromatic heterocycles. The molecule has 0 radical (unpaired) electrons. The molecule has 0 heterocycles. The van der Waals surface area contributed by atoms with Gasteiger partial charge >= 0.3 is 11.9 Å². The van der Waals surface area contributed by atoms with Crippen LogP contribution in [0.15, 0.2) is 35.9 Å². The fourth-order valence-electron chi connectivity index (χ4n) is 1.87. The molecule has 20 heavy (non-hydrogen) atoms. The number of carbonyl (C=O) groups is 3. The molecule has 0 fully saturated rings. The maximum atomic E-state index is 11.6. The van der Waals surface area contributed by atoms with Crippen molar-refractivity contribution in [2.45, 2.75) is 26.2 Å². The Morgan fingerprint density at radius 1 is 1.00 bits per heavy atom. The number of carboxylic acid groups (broad SMARTS) is 2. The fourth-order valence-corrected chi connectivity index (χ4v) is 1.87. The van der Waals surface area contributed by atoms with Gasteiger partial charge in [-0.2, -0.15) is 0 Å². The monoisotopic (exact) mass is 276 g/mol. The summed E-state index contributed by atoms with van der Waals surface area (Å²) in [6.45, 7) is 1.80. The van der Waals surface area contributed by atoms with Crippen LogP contribution in [-0.4, -0.2) is 27.9 Å². The number of ketones is 1. The predicted molar refractivity (Wildman–Crippen MR) is 73.2 cm³/mol. The maximum absolute atomic E-state index is 11.6. The highest BCUT2D eigenvalue weighted by molar-refractivity contribution is 6.22. The van der Waals surface area contributed by atoms with Crippen molar-refractivity contribution in [3.8, 4) is 0 Å². The molecule has 0 aliphatic heterocycles. The lowest BCUT2D eigenvalue weighted by Gasteiger charge is -2.08. The van der Waals surface area contributed by atoms with E-state index in [4.69, 9.17) is 0 Å². The molecule has 106 valence electrons. The molecule has 1 rings (SSSR count). The van der Waals surface area contributed by atoms with E-state index in [9.17, 15) is 24.6 Å². The van der Waals surface area contributed by atoms with Crippen LogP contribution in [0.2, 0.25) is 0 Å². The molecule has 0 amide bonds. The molecule has 5 nitrogen and oxygen atoms in total. The van der Waals surface area contributed by atoms with Gasteiger partial charge in [0.2, 0.25) is 0 Å². The van der Waals surface area contributed by atoms with Gasteiger partial charge in [-0.1, -0.05) is 37.3 Å². The lowest BCUT2D eigenvalue weighted by atomic mass is 9.95. The first-order valence-corrected chi connectivity index (χ1v) is 6.24. The zero-order valence-electron chi connectivity index (χ0n) is 11.1. The van der Waals surface area contributed by atoms with E-state index in [2.05, 4.69) is 0 Å². The lowest BCUT2D eigenvalue weighted by Crippen LogP contribution is -2.14. The van der Waals surface area contributed by atoms with Crippen LogP contribution >= 0.6 is 0 Å². The van der Waals surface area contributed by atoms with Crippen LogP contribution in [0.1, 0.15) is 31.7 Å². The average molecular weight is 276 g/mol. The molecule has 1 aromatic carbocycles. The molecular formula is C15H16O5. The molecule has 2 N–H and O–H groups in total. The number of benzene rings is 1. The highest BCUT2D eigenvalue weighted by Gasteiger charge is 2.23. The zero-order valence-corrected chi connectivity index (χ0v) is 11.1. The zero-order chi connectivity index (χ0) is 15.1. The largest absolute Gasteiger partial charge is 0.478 e. The van der Waals surface area contributed by atoms with Crippen LogP contribution in [0.5, 0.6) is 0 Å². The third kappa shape index (κ3) is 4.05. The minimum atomic E-state index is -1.38. The van der Waals surface area contributed by atoms with E-state index < -0.39 is 11.9 Å². The van der Waals surface area contributed by atoms with E-state index in [0.29, 0.717) is 6.42 Å². The molecule has 0 aliphatic carbocycles. The maximum Gasteiger partial charge on any atom is 0.336 e. The van der Waals surface area contributed by atoms with Crippen LogP contribution in [0, 0.1) is 0 Å². The third-order valence-electron chi connectivity index (χ3n) is 2.74. The van der Waals surface area contributed by atoms with E-state index in [-0.39, 0.29) is 35.3 Å². The first-order valence-electron chi connectivity index (χ1n) is 6.24. The second-order valence-corrected chi connectivity index (χ2v) is 4.30. The molecule has 5 heteroatoms. The van der Waals surface area contributed by atoms with Gasteiger partial charge in [0.05, 0.1) is 11.1 Å². The molecule has 0 saturated heterocycles. The van der Waals surface area contributed by atoms with E-state index in [1.165, 1.54) is 12.1 Å². The minimum absolute atomic E-state index is 0.235. The second kappa shape index (κ2) is 7.23. The summed E-state index contributed by atoms with van der Waals surface area (Å²) in [5, 5.41) is 18.5. The summed E-state index contributed by atoms with van der Waals surface area (Å²) >= 11 is 0. The van der Waals surface area contributed by atoms with E-state index in [1.54, 1.807) is 25.1 Å². The van der Waals surface area contributed by atoms with Crippen molar-refractivity contribution in [3.05, 3.63) is 41.5 Å². The Balaban J connectivity index is 3.31. The highest BCUT2D eigenvalue weighted by Crippen LogP contribution is 2.22. The van der Waals surface area contributed by atoms with Crippen molar-refractivity contribution in [3.63, 3.8) is 0 Å². The van der Waals surface area contributed by atoms with Crippen molar-refractivity contribution in [2.75, 3.05) is 0 Å². The van der Waals surface area contributed by atoms with Gasteiger partial charge in [0.15, 0.2) is 0 Å². The average Bonchev–Trinajstić information content (AvgIpc) is 2.39. The number of hydrogen-bond donors (Lipinski definition) is 2. The number of hydrogen-bond acceptors (Lipinski definition) is 3. The Morgan fingerprint density at radius 2 is 1.60 bits per heavy atom. The van der Waals surface area contributed by atoms with E-state index in [1.807, 2.05) is 0 Å². The van der Waals surface area contributed by atoms with Crippen molar-refractivity contribution in [2.24, 2.45) is 0 Å². The quantitative estimate of drug-likeness (QED) is 0.746. The van der Waals surface area contributed by atoms with Gasteiger partial charge in [-0.3, -0.25) is 4.79 Å². The highest BCUT2D eigenvalue weighted by atomic mass is 16.4. The molecule has 0 aliphatic rings. The van der Waals surface area contributed by atoms with Crippen LogP contribution in [0.4, 0.5) is 0 Å². The fraction of sp³-hybridized carbons (Fsp3) is 0.267. The van der Waals surface area contributed by atoms with Crippen LogP contribution in [0.25, 0.3) is 5.57 Å². The van der Waals surface area contributed by atoms with Gasteiger partial charge in [0.1, 0.15) is 5.78 Å². The first-order chi connectivity index (χ1) is 9.47. The number of aliphatic carboxylic acids is 2. The van der Waals surface area contributed by atoms with Gasteiger partial charge < -0.3 is 10.2 Å². The number of carboxylic acids is 2. The second-order valence-electron chi connectivity index (χ2n) is 4.30. The molecule has 0 saturated carbocycles. The Bertz CT molecular complexity index is 543. The Labute approximate surface area is 116 Å². The smallest absolute Gasteiger partial charge is 0.336 e. The van der Waals surface area contributed by atoms with Crippen molar-refractivity contribution >= 4 is 23.3 Å². The van der Waals surface area contributed by atoms with Crippen molar-refractivity contribution in [1.82, 2.24) is 0 Å². The normalized spacial score (nSPS) is 11.7. The van der Waals surface area contributed by atoms with Crippen LogP contribution < -0.4 is 0 Å². The summed E-state index contributed by atoms with van der Waals surface area (Å²) in [6, 6.07) is 7.95. The van der Waals surface area contributed by atoms with Crippen LogP contribution in [-0.2, 0) is 14.4 Å². The third-order valence-corrected chi connectivity index (χ3v) is 2.74. The SMILES string of the molecule is CCCC(=O)CC(C(=O)O)=C(C(=O)O)c1ccccc1.